The third-order valence-electron chi connectivity index (χ3n) is 3.82. The first-order valence-electron chi connectivity index (χ1n) is 8.16. The van der Waals surface area contributed by atoms with E-state index in [1.807, 2.05) is 0 Å². The summed E-state index contributed by atoms with van der Waals surface area (Å²) >= 11 is 0. The number of halogens is 3. The molecule has 0 radical (unpaired) electrons. The Bertz CT molecular complexity index is 880. The molecule has 0 aliphatic carbocycles. The van der Waals surface area contributed by atoms with Crippen molar-refractivity contribution in [3.05, 3.63) is 48.2 Å². The molecule has 0 unspecified atom stereocenters. The lowest BCUT2D eigenvalue weighted by Crippen LogP contribution is -2.28. The van der Waals surface area contributed by atoms with Crippen molar-refractivity contribution in [3.63, 3.8) is 0 Å². The molecular formula is C18H14F3N3O4. The number of imide groups is 1. The Morgan fingerprint density at radius 1 is 1.07 bits per heavy atom. The number of carbonyl (C=O) groups is 3. The minimum absolute atomic E-state index is 0.163. The summed E-state index contributed by atoms with van der Waals surface area (Å²) in [6.07, 6.45) is -2.97. The van der Waals surface area contributed by atoms with Crippen molar-refractivity contribution in [2.24, 2.45) is 0 Å². The average Bonchev–Trinajstić information content (AvgIpc) is 2.99. The highest BCUT2D eigenvalue weighted by Gasteiger charge is 2.30. The minimum atomic E-state index is -4.47. The van der Waals surface area contributed by atoms with Gasteiger partial charge in [0.05, 0.1) is 17.6 Å². The van der Waals surface area contributed by atoms with E-state index in [2.05, 4.69) is 15.0 Å². The Hall–Kier alpha value is -3.43. The van der Waals surface area contributed by atoms with Crippen LogP contribution in [0.4, 0.5) is 24.5 Å². The second-order valence-corrected chi connectivity index (χ2v) is 5.91. The van der Waals surface area contributed by atoms with Crippen molar-refractivity contribution in [1.29, 1.82) is 0 Å². The van der Waals surface area contributed by atoms with E-state index in [1.165, 1.54) is 42.6 Å². The number of aromatic nitrogens is 1. The van der Waals surface area contributed by atoms with Gasteiger partial charge in [0.1, 0.15) is 0 Å². The van der Waals surface area contributed by atoms with Crippen LogP contribution in [0.2, 0.25) is 0 Å². The van der Waals surface area contributed by atoms with Crippen LogP contribution < -0.4 is 15.0 Å². The van der Waals surface area contributed by atoms with E-state index in [9.17, 15) is 27.6 Å². The van der Waals surface area contributed by atoms with Gasteiger partial charge in [-0.2, -0.15) is 13.2 Å². The number of amides is 3. The number of nitrogens with one attached hydrogen (secondary N) is 1. The average molecular weight is 393 g/mol. The first-order valence-corrected chi connectivity index (χ1v) is 8.16. The van der Waals surface area contributed by atoms with Gasteiger partial charge in [-0.25, -0.2) is 4.98 Å². The molecule has 10 heteroatoms. The number of pyridine rings is 1. The lowest BCUT2D eigenvalue weighted by Gasteiger charge is -2.14. The molecular weight excluding hydrogens is 379 g/mol. The molecule has 1 aliphatic heterocycles. The monoisotopic (exact) mass is 393 g/mol. The van der Waals surface area contributed by atoms with Crippen molar-refractivity contribution >= 4 is 29.1 Å². The molecule has 7 nitrogen and oxygen atoms in total. The van der Waals surface area contributed by atoms with Gasteiger partial charge in [-0.15, -0.1) is 0 Å². The highest BCUT2D eigenvalue weighted by Crippen LogP contribution is 2.23. The number of nitrogens with zero attached hydrogens (tertiary/aromatic N) is 2. The molecule has 3 amide bonds. The molecule has 1 aromatic heterocycles. The van der Waals surface area contributed by atoms with E-state index in [-0.39, 0.29) is 41.8 Å². The van der Waals surface area contributed by atoms with Crippen molar-refractivity contribution in [2.45, 2.75) is 19.0 Å². The predicted molar refractivity (Wildman–Crippen MR) is 91.9 cm³/mol. The summed E-state index contributed by atoms with van der Waals surface area (Å²) in [5.41, 5.74) is 0.912. The summed E-state index contributed by atoms with van der Waals surface area (Å²) in [4.78, 5) is 40.5. The third kappa shape index (κ3) is 4.64. The van der Waals surface area contributed by atoms with Crippen LogP contribution in [0.25, 0.3) is 0 Å². The molecule has 1 aromatic carbocycles. The number of hydrogen-bond donors (Lipinski definition) is 1. The molecule has 1 saturated heterocycles. The first-order chi connectivity index (χ1) is 13.2. The lowest BCUT2D eigenvalue weighted by atomic mass is 10.2. The molecule has 2 aromatic rings. The number of carbonyl (C=O) groups excluding carboxylic acids is 3. The van der Waals surface area contributed by atoms with Gasteiger partial charge >= 0.3 is 6.18 Å². The van der Waals surface area contributed by atoms with Crippen molar-refractivity contribution in [3.8, 4) is 5.88 Å². The Morgan fingerprint density at radius 2 is 1.71 bits per heavy atom. The van der Waals surface area contributed by atoms with E-state index in [4.69, 9.17) is 0 Å². The zero-order valence-electron chi connectivity index (χ0n) is 14.3. The third-order valence-corrected chi connectivity index (χ3v) is 3.82. The fraction of sp³-hybridized carbons (Fsp3) is 0.222. The van der Waals surface area contributed by atoms with Crippen LogP contribution >= 0.6 is 0 Å². The standard InChI is InChI=1S/C18H14F3N3O4/c19-18(20,21)10-28-14-6-3-12(9-22-14)23-17(27)11-1-4-13(5-2-11)24-15(25)7-8-16(24)26/h1-6,9H,7-8,10H2,(H,23,27). The van der Waals surface area contributed by atoms with Gasteiger partial charge in [0.15, 0.2) is 6.61 Å². The van der Waals surface area contributed by atoms with Crippen molar-refractivity contribution < 1.29 is 32.3 Å². The molecule has 2 heterocycles. The van der Waals surface area contributed by atoms with E-state index < -0.39 is 18.7 Å². The summed E-state index contributed by atoms with van der Waals surface area (Å²) in [6.45, 7) is -1.46. The van der Waals surface area contributed by atoms with Crippen LogP contribution in [0, 0.1) is 0 Å². The van der Waals surface area contributed by atoms with Gasteiger partial charge in [-0.3, -0.25) is 19.3 Å². The maximum absolute atomic E-state index is 12.3. The molecule has 28 heavy (non-hydrogen) atoms. The normalized spacial score (nSPS) is 14.3. The lowest BCUT2D eigenvalue weighted by molar-refractivity contribution is -0.154. The summed E-state index contributed by atoms with van der Waals surface area (Å²) in [5.74, 6) is -1.29. The highest BCUT2D eigenvalue weighted by atomic mass is 19.4. The van der Waals surface area contributed by atoms with Gasteiger partial charge < -0.3 is 10.1 Å². The zero-order valence-corrected chi connectivity index (χ0v) is 14.3. The fourth-order valence-electron chi connectivity index (χ4n) is 2.53. The molecule has 0 atom stereocenters. The van der Waals surface area contributed by atoms with Gasteiger partial charge in [0.25, 0.3) is 5.91 Å². The smallest absolute Gasteiger partial charge is 0.422 e. The number of rotatable bonds is 5. The highest BCUT2D eigenvalue weighted by molar-refractivity contribution is 6.20. The molecule has 0 saturated carbocycles. The first kappa shape index (κ1) is 19.3. The SMILES string of the molecule is O=C(Nc1ccc(OCC(F)(F)F)nc1)c1ccc(N2C(=O)CCC2=O)cc1. The Balaban J connectivity index is 1.61. The minimum Gasteiger partial charge on any atom is -0.468 e. The second-order valence-electron chi connectivity index (χ2n) is 5.91. The molecule has 1 fully saturated rings. The number of hydrogen-bond acceptors (Lipinski definition) is 5. The Morgan fingerprint density at radius 3 is 2.25 bits per heavy atom. The van der Waals surface area contributed by atoms with Crippen LogP contribution in [0.5, 0.6) is 5.88 Å². The van der Waals surface area contributed by atoms with Crippen LogP contribution in [-0.2, 0) is 9.59 Å². The van der Waals surface area contributed by atoms with Crippen LogP contribution in [0.15, 0.2) is 42.6 Å². The van der Waals surface area contributed by atoms with Crippen molar-refractivity contribution in [2.75, 3.05) is 16.8 Å². The van der Waals surface area contributed by atoms with E-state index in [0.29, 0.717) is 5.69 Å². The Labute approximate surface area is 157 Å². The van der Waals surface area contributed by atoms with Crippen LogP contribution in [0.3, 0.4) is 0 Å². The molecule has 3 rings (SSSR count). The molecule has 146 valence electrons. The topological polar surface area (TPSA) is 88.6 Å². The number of ether oxygens (including phenoxy) is 1. The number of anilines is 2. The maximum Gasteiger partial charge on any atom is 0.422 e. The summed E-state index contributed by atoms with van der Waals surface area (Å²) < 4.78 is 40.8. The summed E-state index contributed by atoms with van der Waals surface area (Å²) in [7, 11) is 0. The molecule has 1 aliphatic rings. The number of alkyl halides is 3. The Kier molecular flexibility index (Phi) is 5.30. The zero-order chi connectivity index (χ0) is 20.3. The quantitative estimate of drug-likeness (QED) is 0.789. The van der Waals surface area contributed by atoms with E-state index in [1.54, 1.807) is 0 Å². The molecule has 1 N–H and O–H groups in total. The van der Waals surface area contributed by atoms with Gasteiger partial charge in [0.2, 0.25) is 17.7 Å². The second kappa shape index (κ2) is 7.67. The van der Waals surface area contributed by atoms with Crippen molar-refractivity contribution in [1.82, 2.24) is 4.98 Å². The summed E-state index contributed by atoms with van der Waals surface area (Å²) in [5, 5.41) is 2.54. The van der Waals surface area contributed by atoms with Gasteiger partial charge in [-0.1, -0.05) is 0 Å². The molecule has 0 spiro atoms. The van der Waals surface area contributed by atoms with E-state index in [0.717, 1.165) is 4.90 Å². The van der Waals surface area contributed by atoms with Crippen LogP contribution in [0.1, 0.15) is 23.2 Å². The molecule has 0 bridgehead atoms. The predicted octanol–water partition coefficient (Wildman–Crippen LogP) is 2.93. The van der Waals surface area contributed by atoms with Gasteiger partial charge in [-0.05, 0) is 30.3 Å². The van der Waals surface area contributed by atoms with E-state index >= 15 is 0 Å². The van der Waals surface area contributed by atoms with Crippen LogP contribution in [-0.4, -0.2) is 35.5 Å². The largest absolute Gasteiger partial charge is 0.468 e. The maximum atomic E-state index is 12.3. The van der Waals surface area contributed by atoms with Gasteiger partial charge in [0, 0.05) is 24.5 Å². The number of benzene rings is 1. The summed E-state index contributed by atoms with van der Waals surface area (Å²) in [6, 6.07) is 8.45. The fourth-order valence-corrected chi connectivity index (χ4v) is 2.53.